The van der Waals surface area contributed by atoms with Crippen molar-refractivity contribution in [3.05, 3.63) is 47.0 Å². The minimum Gasteiger partial charge on any atom is -0.508 e. The van der Waals surface area contributed by atoms with E-state index in [9.17, 15) is 20.1 Å². The third kappa shape index (κ3) is 5.15. The molecule has 0 aliphatic heterocycles. The van der Waals surface area contributed by atoms with E-state index in [0.717, 1.165) is 43.7 Å². The zero-order valence-electron chi connectivity index (χ0n) is 15.3. The Balaban J connectivity index is 2.25. The first-order chi connectivity index (χ1) is 12.4. The first-order valence-corrected chi connectivity index (χ1v) is 9.04. The SMILES string of the molecule is CCCCCc1cc(O)cc(OC(=O)c2c(O)cc(O)cc2CCC)c1. The van der Waals surface area contributed by atoms with E-state index in [-0.39, 0.29) is 28.6 Å². The zero-order chi connectivity index (χ0) is 19.1. The highest BCUT2D eigenvalue weighted by atomic mass is 16.5. The second-order valence-corrected chi connectivity index (χ2v) is 6.43. The molecule has 0 aliphatic rings. The van der Waals surface area contributed by atoms with Crippen molar-refractivity contribution in [2.24, 2.45) is 0 Å². The van der Waals surface area contributed by atoms with Crippen LogP contribution in [0.5, 0.6) is 23.0 Å². The van der Waals surface area contributed by atoms with Crippen molar-refractivity contribution in [2.45, 2.75) is 52.4 Å². The molecule has 2 aromatic carbocycles. The fraction of sp³-hybridized carbons (Fsp3) is 0.381. The zero-order valence-corrected chi connectivity index (χ0v) is 15.3. The Bertz CT molecular complexity index is 767. The molecule has 0 spiro atoms. The van der Waals surface area contributed by atoms with Gasteiger partial charge in [0, 0.05) is 12.1 Å². The number of aryl methyl sites for hydroxylation is 2. The highest BCUT2D eigenvalue weighted by molar-refractivity contribution is 5.95. The molecule has 0 unspecified atom stereocenters. The number of hydrogen-bond acceptors (Lipinski definition) is 5. The molecule has 2 aromatic rings. The van der Waals surface area contributed by atoms with E-state index in [2.05, 4.69) is 6.92 Å². The lowest BCUT2D eigenvalue weighted by atomic mass is 10.0. The molecule has 2 rings (SSSR count). The van der Waals surface area contributed by atoms with Gasteiger partial charge in [0.2, 0.25) is 0 Å². The predicted molar refractivity (Wildman–Crippen MR) is 100 cm³/mol. The summed E-state index contributed by atoms with van der Waals surface area (Å²) < 4.78 is 5.40. The van der Waals surface area contributed by atoms with E-state index in [4.69, 9.17) is 4.74 Å². The summed E-state index contributed by atoms with van der Waals surface area (Å²) >= 11 is 0. The van der Waals surface area contributed by atoms with Crippen molar-refractivity contribution in [1.29, 1.82) is 0 Å². The molecule has 140 valence electrons. The third-order valence-corrected chi connectivity index (χ3v) is 4.14. The van der Waals surface area contributed by atoms with Gasteiger partial charge < -0.3 is 20.1 Å². The number of aromatic hydroxyl groups is 3. The van der Waals surface area contributed by atoms with Gasteiger partial charge >= 0.3 is 5.97 Å². The van der Waals surface area contributed by atoms with Gasteiger partial charge in [-0.15, -0.1) is 0 Å². The Morgan fingerprint density at radius 2 is 1.62 bits per heavy atom. The molecular weight excluding hydrogens is 332 g/mol. The van der Waals surface area contributed by atoms with Gasteiger partial charge in [0.15, 0.2) is 0 Å². The number of unbranched alkanes of at least 4 members (excludes halogenated alkanes) is 2. The van der Waals surface area contributed by atoms with E-state index < -0.39 is 5.97 Å². The maximum atomic E-state index is 12.6. The molecule has 0 bridgehead atoms. The Labute approximate surface area is 153 Å². The average molecular weight is 358 g/mol. The first-order valence-electron chi connectivity index (χ1n) is 9.04. The van der Waals surface area contributed by atoms with Gasteiger partial charge in [0.25, 0.3) is 0 Å². The number of phenolic OH excluding ortho intramolecular Hbond substituents is 3. The first kappa shape index (κ1) is 19.6. The molecule has 5 heteroatoms. The molecule has 26 heavy (non-hydrogen) atoms. The molecular formula is C21H26O5. The van der Waals surface area contributed by atoms with Gasteiger partial charge in [0.05, 0.1) is 0 Å². The molecule has 5 nitrogen and oxygen atoms in total. The highest BCUT2D eigenvalue weighted by Crippen LogP contribution is 2.30. The van der Waals surface area contributed by atoms with E-state index >= 15 is 0 Å². The molecule has 0 saturated heterocycles. The van der Waals surface area contributed by atoms with Gasteiger partial charge in [0.1, 0.15) is 28.6 Å². The highest BCUT2D eigenvalue weighted by Gasteiger charge is 2.20. The van der Waals surface area contributed by atoms with Crippen LogP contribution in [-0.2, 0) is 12.8 Å². The third-order valence-electron chi connectivity index (χ3n) is 4.14. The maximum Gasteiger partial charge on any atom is 0.347 e. The lowest BCUT2D eigenvalue weighted by molar-refractivity contribution is 0.0730. The Morgan fingerprint density at radius 3 is 2.31 bits per heavy atom. The number of carbonyl (C=O) groups excluding carboxylic acids is 1. The summed E-state index contributed by atoms with van der Waals surface area (Å²) in [6.07, 6.45) is 5.24. The largest absolute Gasteiger partial charge is 0.508 e. The Kier molecular flexibility index (Phi) is 6.89. The monoisotopic (exact) mass is 358 g/mol. The molecule has 0 saturated carbocycles. The smallest absolute Gasteiger partial charge is 0.347 e. The number of esters is 1. The van der Waals surface area contributed by atoms with Crippen molar-refractivity contribution >= 4 is 5.97 Å². The minimum atomic E-state index is -0.712. The van der Waals surface area contributed by atoms with Crippen LogP contribution in [-0.4, -0.2) is 21.3 Å². The van der Waals surface area contributed by atoms with Gasteiger partial charge in [-0.25, -0.2) is 4.79 Å². The van der Waals surface area contributed by atoms with Crippen LogP contribution in [0.2, 0.25) is 0 Å². The maximum absolute atomic E-state index is 12.6. The van der Waals surface area contributed by atoms with Crippen molar-refractivity contribution < 1.29 is 24.9 Å². The van der Waals surface area contributed by atoms with E-state index in [0.29, 0.717) is 12.0 Å². The normalized spacial score (nSPS) is 10.7. The van der Waals surface area contributed by atoms with Crippen LogP contribution in [0.25, 0.3) is 0 Å². The summed E-state index contributed by atoms with van der Waals surface area (Å²) in [5.74, 6) is -0.863. The minimum absolute atomic E-state index is 0.0329. The van der Waals surface area contributed by atoms with Crippen molar-refractivity contribution in [2.75, 3.05) is 0 Å². The fourth-order valence-electron chi connectivity index (χ4n) is 2.96. The van der Waals surface area contributed by atoms with E-state index in [1.807, 2.05) is 6.92 Å². The van der Waals surface area contributed by atoms with Crippen LogP contribution >= 0.6 is 0 Å². The number of benzene rings is 2. The molecule has 0 amide bonds. The van der Waals surface area contributed by atoms with Crippen LogP contribution in [0.4, 0.5) is 0 Å². The van der Waals surface area contributed by atoms with Gasteiger partial charge in [-0.2, -0.15) is 0 Å². The van der Waals surface area contributed by atoms with Crippen molar-refractivity contribution in [3.63, 3.8) is 0 Å². The number of hydrogen-bond donors (Lipinski definition) is 3. The molecule has 0 radical (unpaired) electrons. The summed E-state index contributed by atoms with van der Waals surface area (Å²) in [5, 5.41) is 29.6. The number of phenols is 3. The summed E-state index contributed by atoms with van der Waals surface area (Å²) in [5.41, 5.74) is 1.46. The molecule has 3 N–H and O–H groups in total. The molecule has 0 atom stereocenters. The molecule has 0 aliphatic carbocycles. The van der Waals surface area contributed by atoms with Gasteiger partial charge in [-0.1, -0.05) is 33.1 Å². The van der Waals surface area contributed by atoms with Crippen LogP contribution in [0.1, 0.15) is 61.0 Å². The number of carbonyl (C=O) groups is 1. The standard InChI is InChI=1S/C21H26O5/c1-3-5-6-8-14-9-16(22)12-18(10-14)26-21(25)20-15(7-4-2)11-17(23)13-19(20)24/h9-13,22-24H,3-8H2,1-2H3. The van der Waals surface area contributed by atoms with Crippen LogP contribution < -0.4 is 4.74 Å². The summed E-state index contributed by atoms with van der Waals surface area (Å²) in [6, 6.07) is 7.34. The predicted octanol–water partition coefficient (Wildman–Crippen LogP) is 4.71. The Hall–Kier alpha value is -2.69. The van der Waals surface area contributed by atoms with Gasteiger partial charge in [-0.3, -0.25) is 0 Å². The summed E-state index contributed by atoms with van der Waals surface area (Å²) in [7, 11) is 0. The van der Waals surface area contributed by atoms with Crippen LogP contribution in [0, 0.1) is 0 Å². The van der Waals surface area contributed by atoms with Crippen LogP contribution in [0.15, 0.2) is 30.3 Å². The van der Waals surface area contributed by atoms with Crippen molar-refractivity contribution in [3.8, 4) is 23.0 Å². The summed E-state index contributed by atoms with van der Waals surface area (Å²) in [6.45, 7) is 4.06. The fourth-order valence-corrected chi connectivity index (χ4v) is 2.96. The molecule has 0 heterocycles. The van der Waals surface area contributed by atoms with E-state index in [1.165, 1.54) is 12.1 Å². The van der Waals surface area contributed by atoms with Crippen molar-refractivity contribution in [1.82, 2.24) is 0 Å². The number of ether oxygens (including phenoxy) is 1. The Morgan fingerprint density at radius 1 is 0.885 bits per heavy atom. The number of rotatable bonds is 8. The lowest BCUT2D eigenvalue weighted by Gasteiger charge is -2.12. The van der Waals surface area contributed by atoms with Crippen LogP contribution in [0.3, 0.4) is 0 Å². The second kappa shape index (κ2) is 9.13. The van der Waals surface area contributed by atoms with Gasteiger partial charge in [-0.05, 0) is 48.6 Å². The van der Waals surface area contributed by atoms with E-state index in [1.54, 1.807) is 12.1 Å². The molecule has 0 fully saturated rings. The lowest BCUT2D eigenvalue weighted by Crippen LogP contribution is -2.12. The second-order valence-electron chi connectivity index (χ2n) is 6.43. The quantitative estimate of drug-likeness (QED) is 0.361. The summed E-state index contributed by atoms with van der Waals surface area (Å²) in [4.78, 5) is 12.6. The molecule has 0 aromatic heterocycles. The topological polar surface area (TPSA) is 87.0 Å². The average Bonchev–Trinajstić information content (AvgIpc) is 2.54.